The number of carbonyl (C=O) groups excluding carboxylic acids is 1. The number of fused-ring (bicyclic) bond motifs is 1. The molecule has 1 aromatic heterocycles. The largest absolute Gasteiger partial charge is 0.480 e. The number of methoxy groups -OCH3 is 1. The van der Waals surface area contributed by atoms with E-state index in [0.29, 0.717) is 39.2 Å². The molecule has 1 aromatic rings. The minimum atomic E-state index is -0.982. The summed E-state index contributed by atoms with van der Waals surface area (Å²) in [5, 5.41) is 15.8. The van der Waals surface area contributed by atoms with Crippen LogP contribution in [0.3, 0.4) is 0 Å². The molecule has 2 aliphatic heterocycles. The summed E-state index contributed by atoms with van der Waals surface area (Å²) in [6.45, 7) is 5.12. The Balaban J connectivity index is 1.41. The number of carboxylic acids is 1. The van der Waals surface area contributed by atoms with Gasteiger partial charge < -0.3 is 30.1 Å². The van der Waals surface area contributed by atoms with Gasteiger partial charge in [0.15, 0.2) is 0 Å². The number of unbranched alkanes of at least 4 members (excludes halogenated alkanes) is 1. The first-order valence-corrected chi connectivity index (χ1v) is 13.1. The van der Waals surface area contributed by atoms with E-state index in [2.05, 4.69) is 27.7 Å². The van der Waals surface area contributed by atoms with Gasteiger partial charge >= 0.3 is 5.97 Å². The van der Waals surface area contributed by atoms with Gasteiger partial charge in [-0.3, -0.25) is 4.79 Å². The van der Waals surface area contributed by atoms with E-state index in [1.807, 2.05) is 0 Å². The van der Waals surface area contributed by atoms with Gasteiger partial charge in [-0.05, 0) is 75.5 Å². The molecule has 1 unspecified atom stereocenters. The zero-order valence-electron chi connectivity index (χ0n) is 21.1. The first-order chi connectivity index (χ1) is 17.0. The number of aromatic nitrogens is 1. The first-order valence-electron chi connectivity index (χ1n) is 13.1. The van der Waals surface area contributed by atoms with Crippen LogP contribution in [0.1, 0.15) is 56.2 Å². The number of aryl methyl sites for hydroxylation is 2. The van der Waals surface area contributed by atoms with Crippen molar-refractivity contribution in [2.45, 2.75) is 63.8 Å². The van der Waals surface area contributed by atoms with Crippen LogP contribution in [0.15, 0.2) is 12.1 Å². The van der Waals surface area contributed by atoms with Crippen molar-refractivity contribution in [3.05, 3.63) is 23.4 Å². The summed E-state index contributed by atoms with van der Waals surface area (Å²) in [5.74, 6) is 0.148. The van der Waals surface area contributed by atoms with Crippen LogP contribution >= 0.6 is 0 Å². The second-order valence-corrected chi connectivity index (χ2v) is 9.64. The summed E-state index contributed by atoms with van der Waals surface area (Å²) in [5.41, 5.74) is 2.42. The van der Waals surface area contributed by atoms with Gasteiger partial charge in [0.2, 0.25) is 5.91 Å². The molecule has 0 aliphatic carbocycles. The molecule has 196 valence electrons. The molecule has 0 radical (unpaired) electrons. The summed E-state index contributed by atoms with van der Waals surface area (Å²) >= 11 is 0. The highest BCUT2D eigenvalue weighted by atomic mass is 16.5. The van der Waals surface area contributed by atoms with E-state index >= 15 is 0 Å². The lowest BCUT2D eigenvalue weighted by atomic mass is 9.96. The second kappa shape index (κ2) is 15.0. The van der Waals surface area contributed by atoms with Crippen molar-refractivity contribution >= 4 is 17.7 Å². The molecule has 0 aromatic carbocycles. The van der Waals surface area contributed by atoms with Crippen molar-refractivity contribution in [3.63, 3.8) is 0 Å². The van der Waals surface area contributed by atoms with Crippen molar-refractivity contribution in [1.29, 1.82) is 0 Å². The summed E-state index contributed by atoms with van der Waals surface area (Å²) in [7, 11) is 1.67. The Morgan fingerprint density at radius 2 is 2.09 bits per heavy atom. The normalized spacial score (nSPS) is 17.0. The fourth-order valence-corrected chi connectivity index (χ4v) is 4.74. The number of pyridine rings is 1. The Morgan fingerprint density at radius 1 is 1.26 bits per heavy atom. The third-order valence-electron chi connectivity index (χ3n) is 6.90. The first kappa shape index (κ1) is 27.4. The van der Waals surface area contributed by atoms with E-state index in [-0.39, 0.29) is 11.8 Å². The molecular weight excluding hydrogens is 448 g/mol. The molecule has 2 aliphatic rings. The number of amides is 1. The summed E-state index contributed by atoms with van der Waals surface area (Å²) in [6, 6.07) is 3.45. The fraction of sp³-hybridized carbons (Fsp3) is 0.731. The number of aliphatic carboxylic acids is 1. The van der Waals surface area contributed by atoms with E-state index in [1.165, 1.54) is 5.56 Å². The average molecular weight is 491 g/mol. The van der Waals surface area contributed by atoms with Crippen LogP contribution in [-0.2, 0) is 31.9 Å². The second-order valence-electron chi connectivity index (χ2n) is 9.64. The molecule has 9 heteroatoms. The number of rotatable bonds is 15. The predicted octanol–water partition coefficient (Wildman–Crippen LogP) is 2.49. The minimum absolute atomic E-state index is 0.181. The number of hydrogen-bond acceptors (Lipinski definition) is 7. The van der Waals surface area contributed by atoms with Crippen LogP contribution in [0.25, 0.3) is 0 Å². The Morgan fingerprint density at radius 3 is 2.86 bits per heavy atom. The highest BCUT2D eigenvalue weighted by Crippen LogP contribution is 2.20. The van der Waals surface area contributed by atoms with Gasteiger partial charge in [0.25, 0.3) is 0 Å². The van der Waals surface area contributed by atoms with Crippen molar-refractivity contribution in [1.82, 2.24) is 15.2 Å². The molecule has 1 atom stereocenters. The Bertz CT molecular complexity index is 800. The van der Waals surface area contributed by atoms with Gasteiger partial charge in [0, 0.05) is 52.1 Å². The van der Waals surface area contributed by atoms with Gasteiger partial charge in [0.05, 0.1) is 6.61 Å². The molecule has 0 spiro atoms. The molecular formula is C26H42N4O5. The quantitative estimate of drug-likeness (QED) is 0.322. The van der Waals surface area contributed by atoms with Gasteiger partial charge in [-0.15, -0.1) is 0 Å². The number of nitrogens with zero attached hydrogens (tertiary/aromatic N) is 2. The summed E-state index contributed by atoms with van der Waals surface area (Å²) < 4.78 is 10.6. The number of nitrogens with one attached hydrogen (secondary N) is 2. The van der Waals surface area contributed by atoms with E-state index in [9.17, 15) is 14.7 Å². The topological polar surface area (TPSA) is 113 Å². The van der Waals surface area contributed by atoms with Gasteiger partial charge in [-0.2, -0.15) is 0 Å². The van der Waals surface area contributed by atoms with E-state index in [1.54, 1.807) is 7.11 Å². The van der Waals surface area contributed by atoms with E-state index in [0.717, 1.165) is 76.1 Å². The maximum absolute atomic E-state index is 12.4. The smallest absolute Gasteiger partial charge is 0.326 e. The number of anilines is 1. The lowest BCUT2D eigenvalue weighted by molar-refractivity contribution is -0.142. The Labute approximate surface area is 209 Å². The van der Waals surface area contributed by atoms with E-state index < -0.39 is 12.0 Å². The Hall–Kier alpha value is -2.23. The van der Waals surface area contributed by atoms with Crippen LogP contribution in [0.4, 0.5) is 5.82 Å². The monoisotopic (exact) mass is 490 g/mol. The van der Waals surface area contributed by atoms with Crippen molar-refractivity contribution in [2.75, 3.05) is 58.4 Å². The number of carbonyl (C=O) groups is 2. The molecule has 3 N–H and O–H groups in total. The zero-order chi connectivity index (χ0) is 24.9. The third-order valence-corrected chi connectivity index (χ3v) is 6.90. The maximum atomic E-state index is 12.4. The SMILES string of the molecule is COCCN(CCCCc1ccc2c(n1)NCCC2)CCC(NC(=O)CC1CCOCC1)C(=O)O. The van der Waals surface area contributed by atoms with E-state index in [4.69, 9.17) is 14.5 Å². The molecule has 0 saturated carbocycles. The summed E-state index contributed by atoms with van der Waals surface area (Å²) in [4.78, 5) is 31.2. The lowest BCUT2D eigenvalue weighted by Gasteiger charge is -2.25. The van der Waals surface area contributed by atoms with Crippen LogP contribution < -0.4 is 10.6 Å². The molecule has 35 heavy (non-hydrogen) atoms. The van der Waals surface area contributed by atoms with Crippen molar-refractivity contribution in [3.8, 4) is 0 Å². The van der Waals surface area contributed by atoms with Crippen LogP contribution in [0, 0.1) is 5.92 Å². The standard InChI is InChI=1S/C26H42N4O5/c1-34-18-15-30(13-3-2-6-22-8-7-21-5-4-12-27-25(21)28-22)14-9-23(26(32)33)29-24(31)19-20-10-16-35-17-11-20/h7-8,20,23H,2-6,9-19H2,1H3,(H,27,28)(H,29,31)(H,32,33). The fourth-order valence-electron chi connectivity index (χ4n) is 4.74. The molecule has 9 nitrogen and oxygen atoms in total. The van der Waals surface area contributed by atoms with Crippen molar-refractivity contribution in [2.24, 2.45) is 5.92 Å². The molecule has 1 amide bonds. The number of hydrogen-bond donors (Lipinski definition) is 3. The zero-order valence-corrected chi connectivity index (χ0v) is 21.1. The number of ether oxygens (including phenoxy) is 2. The molecule has 3 heterocycles. The highest BCUT2D eigenvalue weighted by molar-refractivity contribution is 5.83. The maximum Gasteiger partial charge on any atom is 0.326 e. The van der Waals surface area contributed by atoms with Gasteiger partial charge in [-0.1, -0.05) is 6.07 Å². The summed E-state index contributed by atoms with van der Waals surface area (Å²) in [6.07, 6.45) is 7.63. The molecule has 0 bridgehead atoms. The minimum Gasteiger partial charge on any atom is -0.480 e. The number of carboxylic acid groups (broad SMARTS) is 1. The van der Waals surface area contributed by atoms with Crippen molar-refractivity contribution < 1.29 is 24.2 Å². The molecule has 1 fully saturated rings. The molecule has 1 saturated heterocycles. The highest BCUT2D eigenvalue weighted by Gasteiger charge is 2.24. The van der Waals surface area contributed by atoms with Crippen LogP contribution in [0.5, 0.6) is 0 Å². The average Bonchev–Trinajstić information content (AvgIpc) is 2.87. The lowest BCUT2D eigenvalue weighted by Crippen LogP contribution is -2.44. The van der Waals surface area contributed by atoms with Gasteiger partial charge in [0.1, 0.15) is 11.9 Å². The molecule has 3 rings (SSSR count). The predicted molar refractivity (Wildman–Crippen MR) is 135 cm³/mol. The van der Waals surface area contributed by atoms with Crippen LogP contribution in [0.2, 0.25) is 0 Å². The van der Waals surface area contributed by atoms with Crippen LogP contribution in [-0.4, -0.2) is 86.0 Å². The Kier molecular flexibility index (Phi) is 11.7. The van der Waals surface area contributed by atoms with Gasteiger partial charge in [-0.25, -0.2) is 9.78 Å². The third kappa shape index (κ3) is 9.74.